The van der Waals surface area contributed by atoms with E-state index in [2.05, 4.69) is 23.3 Å². The number of carbonyl (C=O) groups is 1. The van der Waals surface area contributed by atoms with Crippen LogP contribution in [0.1, 0.15) is 54.4 Å². The normalized spacial score (nSPS) is 27.0. The molecular weight excluding hydrogens is 316 g/mol. The highest BCUT2D eigenvalue weighted by Gasteiger charge is 2.44. The second-order valence-corrected chi connectivity index (χ2v) is 7.46. The topological polar surface area (TPSA) is 83.0 Å². The number of aromatic nitrogens is 3. The molecule has 2 N–H and O–H groups in total. The standard InChI is InChI=1S/C19H22N4O2/c20-17(24)10-18-21-19(15-9-14-6-7-16(15)25-14)23(22-18)13-5-4-11-2-1-3-12(11)8-13/h4-5,8,14-16H,1-3,6-7,9-10H2,(H2,20,24)/t14-,15-,16+/m0/s1. The van der Waals surface area contributed by atoms with Crippen molar-refractivity contribution in [3.8, 4) is 5.69 Å². The predicted molar refractivity (Wildman–Crippen MR) is 91.5 cm³/mol. The Balaban J connectivity index is 1.57. The Morgan fingerprint density at radius 1 is 1.28 bits per heavy atom. The van der Waals surface area contributed by atoms with Crippen molar-refractivity contribution in [3.63, 3.8) is 0 Å². The second kappa shape index (κ2) is 5.66. The molecule has 1 aliphatic carbocycles. The van der Waals surface area contributed by atoms with Crippen molar-refractivity contribution < 1.29 is 9.53 Å². The van der Waals surface area contributed by atoms with Crippen molar-refractivity contribution in [2.24, 2.45) is 5.73 Å². The number of hydrogen-bond acceptors (Lipinski definition) is 4. The zero-order chi connectivity index (χ0) is 17.0. The molecule has 6 heteroatoms. The van der Waals surface area contributed by atoms with Crippen LogP contribution in [0.4, 0.5) is 0 Å². The zero-order valence-corrected chi connectivity index (χ0v) is 14.1. The van der Waals surface area contributed by atoms with Crippen molar-refractivity contribution in [2.45, 2.75) is 63.1 Å². The van der Waals surface area contributed by atoms with E-state index in [1.165, 1.54) is 17.5 Å². The van der Waals surface area contributed by atoms with Gasteiger partial charge in [0.2, 0.25) is 5.91 Å². The Bertz CT molecular complexity index is 844. The maximum Gasteiger partial charge on any atom is 0.225 e. The van der Waals surface area contributed by atoms with Crippen molar-refractivity contribution in [3.05, 3.63) is 41.0 Å². The first-order chi connectivity index (χ1) is 12.2. The van der Waals surface area contributed by atoms with E-state index < -0.39 is 5.91 Å². The van der Waals surface area contributed by atoms with Gasteiger partial charge in [0.15, 0.2) is 5.82 Å². The highest BCUT2D eigenvalue weighted by atomic mass is 16.5. The van der Waals surface area contributed by atoms with Crippen LogP contribution < -0.4 is 5.73 Å². The number of fused-ring (bicyclic) bond motifs is 3. The van der Waals surface area contributed by atoms with Crippen LogP contribution in [0.5, 0.6) is 0 Å². The van der Waals surface area contributed by atoms with Crippen LogP contribution in [0, 0.1) is 0 Å². The minimum absolute atomic E-state index is 0.0760. The first kappa shape index (κ1) is 15.1. The molecule has 1 aromatic carbocycles. The lowest BCUT2D eigenvalue weighted by Gasteiger charge is -2.18. The van der Waals surface area contributed by atoms with Gasteiger partial charge in [0.1, 0.15) is 5.82 Å². The fraction of sp³-hybridized carbons (Fsp3) is 0.526. The van der Waals surface area contributed by atoms with Gasteiger partial charge in [0.25, 0.3) is 0 Å². The summed E-state index contributed by atoms with van der Waals surface area (Å²) < 4.78 is 7.94. The molecule has 25 heavy (non-hydrogen) atoms. The summed E-state index contributed by atoms with van der Waals surface area (Å²) in [6.07, 6.45) is 7.36. The van der Waals surface area contributed by atoms with E-state index in [9.17, 15) is 4.79 Å². The van der Waals surface area contributed by atoms with Gasteiger partial charge in [-0.1, -0.05) is 6.07 Å². The first-order valence-corrected chi connectivity index (χ1v) is 9.19. The number of nitrogens with two attached hydrogens (primary N) is 1. The van der Waals surface area contributed by atoms with Crippen molar-refractivity contribution in [1.82, 2.24) is 14.8 Å². The predicted octanol–water partition coefficient (Wildman–Crippen LogP) is 1.82. The lowest BCUT2D eigenvalue weighted by molar-refractivity contribution is -0.117. The summed E-state index contributed by atoms with van der Waals surface area (Å²) in [5.74, 6) is 1.27. The van der Waals surface area contributed by atoms with E-state index in [1.807, 2.05) is 4.68 Å². The minimum atomic E-state index is -0.401. The fourth-order valence-corrected chi connectivity index (χ4v) is 4.63. The van der Waals surface area contributed by atoms with E-state index in [1.54, 1.807) is 0 Å². The van der Waals surface area contributed by atoms with Gasteiger partial charge in [-0.05, 0) is 61.8 Å². The number of nitrogens with zero attached hydrogens (tertiary/aromatic N) is 3. The molecule has 1 aromatic heterocycles. The quantitative estimate of drug-likeness (QED) is 0.922. The van der Waals surface area contributed by atoms with Gasteiger partial charge in [0, 0.05) is 5.92 Å². The maximum atomic E-state index is 11.3. The molecule has 2 aliphatic heterocycles. The second-order valence-electron chi connectivity index (χ2n) is 7.46. The van der Waals surface area contributed by atoms with Gasteiger partial charge in [-0.2, -0.15) is 5.10 Å². The molecule has 3 heterocycles. The number of carbonyl (C=O) groups excluding carboxylic acids is 1. The molecule has 0 spiro atoms. The van der Waals surface area contributed by atoms with Gasteiger partial charge in [0.05, 0.1) is 24.3 Å². The third-order valence-corrected chi connectivity index (χ3v) is 5.77. The van der Waals surface area contributed by atoms with Gasteiger partial charge >= 0.3 is 0 Å². The van der Waals surface area contributed by atoms with E-state index in [-0.39, 0.29) is 18.4 Å². The number of benzene rings is 1. The van der Waals surface area contributed by atoms with Crippen LogP contribution in [-0.4, -0.2) is 32.9 Å². The number of aryl methyl sites for hydroxylation is 2. The molecule has 2 saturated heterocycles. The third-order valence-electron chi connectivity index (χ3n) is 5.77. The van der Waals surface area contributed by atoms with Gasteiger partial charge in [-0.25, -0.2) is 9.67 Å². The molecule has 3 aliphatic rings. The van der Waals surface area contributed by atoms with E-state index in [0.29, 0.717) is 11.9 Å². The molecule has 130 valence electrons. The smallest absolute Gasteiger partial charge is 0.225 e. The Labute approximate surface area is 146 Å². The van der Waals surface area contributed by atoms with Crippen LogP contribution >= 0.6 is 0 Å². The summed E-state index contributed by atoms with van der Waals surface area (Å²) >= 11 is 0. The molecule has 0 saturated carbocycles. The highest BCUT2D eigenvalue weighted by Crippen LogP contribution is 2.44. The Kier molecular flexibility index (Phi) is 3.41. The van der Waals surface area contributed by atoms with Gasteiger partial charge in [-0.3, -0.25) is 4.79 Å². The summed E-state index contributed by atoms with van der Waals surface area (Å²) in [5.41, 5.74) is 9.23. The molecular formula is C19H22N4O2. The molecule has 0 unspecified atom stereocenters. The van der Waals surface area contributed by atoms with Crippen LogP contribution in [0.15, 0.2) is 18.2 Å². The van der Waals surface area contributed by atoms with Crippen molar-refractivity contribution in [1.29, 1.82) is 0 Å². The van der Waals surface area contributed by atoms with Crippen molar-refractivity contribution in [2.75, 3.05) is 0 Å². The molecule has 3 atom stereocenters. The van der Waals surface area contributed by atoms with Crippen LogP contribution in [-0.2, 0) is 28.8 Å². The molecule has 5 rings (SSSR count). The highest BCUT2D eigenvalue weighted by molar-refractivity contribution is 5.75. The zero-order valence-electron chi connectivity index (χ0n) is 14.1. The van der Waals surface area contributed by atoms with Gasteiger partial charge < -0.3 is 10.5 Å². The lowest BCUT2D eigenvalue weighted by Crippen LogP contribution is -2.19. The number of ether oxygens (including phenoxy) is 1. The van der Waals surface area contributed by atoms with Crippen LogP contribution in [0.3, 0.4) is 0 Å². The summed E-state index contributed by atoms with van der Waals surface area (Å²) in [7, 11) is 0. The summed E-state index contributed by atoms with van der Waals surface area (Å²) in [5, 5.41) is 4.62. The number of amides is 1. The molecule has 0 radical (unpaired) electrons. The van der Waals surface area contributed by atoms with Crippen LogP contribution in [0.25, 0.3) is 5.69 Å². The molecule has 6 nitrogen and oxygen atoms in total. The number of hydrogen-bond donors (Lipinski definition) is 1. The van der Waals surface area contributed by atoms with Crippen molar-refractivity contribution >= 4 is 5.91 Å². The monoisotopic (exact) mass is 338 g/mol. The maximum absolute atomic E-state index is 11.3. The average Bonchev–Trinajstić information content (AvgIpc) is 3.36. The Morgan fingerprint density at radius 2 is 2.16 bits per heavy atom. The third kappa shape index (κ3) is 2.56. The largest absolute Gasteiger partial charge is 0.374 e. The Hall–Kier alpha value is -2.21. The molecule has 2 aromatic rings. The lowest BCUT2D eigenvalue weighted by atomic mass is 9.88. The van der Waals surface area contributed by atoms with E-state index >= 15 is 0 Å². The molecule has 2 bridgehead atoms. The number of rotatable bonds is 4. The summed E-state index contributed by atoms with van der Waals surface area (Å²) in [6.45, 7) is 0. The van der Waals surface area contributed by atoms with Gasteiger partial charge in [-0.15, -0.1) is 0 Å². The average molecular weight is 338 g/mol. The SMILES string of the molecule is NC(=O)Cc1nc([C@H]2C[C@@H]3CC[C@H]2O3)n(-c2ccc3c(c2)CCC3)n1. The summed E-state index contributed by atoms with van der Waals surface area (Å²) in [4.78, 5) is 16.0. The summed E-state index contributed by atoms with van der Waals surface area (Å²) in [6, 6.07) is 6.54. The molecule has 1 amide bonds. The minimum Gasteiger partial charge on any atom is -0.374 e. The van der Waals surface area contributed by atoms with E-state index in [4.69, 9.17) is 15.5 Å². The fourth-order valence-electron chi connectivity index (χ4n) is 4.63. The van der Waals surface area contributed by atoms with E-state index in [0.717, 1.165) is 43.6 Å². The first-order valence-electron chi connectivity index (χ1n) is 9.19. The van der Waals surface area contributed by atoms with Crippen LogP contribution in [0.2, 0.25) is 0 Å². The molecule has 2 fully saturated rings. The number of primary amides is 1. The Morgan fingerprint density at radius 3 is 2.92 bits per heavy atom.